The highest BCUT2D eigenvalue weighted by atomic mass is 31.2. The molecule has 0 unspecified atom stereocenters. The van der Waals surface area contributed by atoms with E-state index in [1.54, 1.807) is 0 Å². The Kier molecular flexibility index (Phi) is 7.80. The first kappa shape index (κ1) is 18.4. The van der Waals surface area contributed by atoms with Gasteiger partial charge in [-0.1, -0.05) is 30.3 Å². The number of amides is 1. The Balaban J connectivity index is 2.23. The fourth-order valence-electron chi connectivity index (χ4n) is 1.55. The van der Waals surface area contributed by atoms with Crippen LogP contribution in [0.5, 0.6) is 0 Å². The Bertz CT molecular complexity index is 525. The van der Waals surface area contributed by atoms with Crippen LogP contribution < -0.4 is 5.32 Å². The van der Waals surface area contributed by atoms with Crippen LogP contribution in [0.15, 0.2) is 30.3 Å². The quantitative estimate of drug-likeness (QED) is 0.699. The van der Waals surface area contributed by atoms with Crippen LogP contribution in [-0.2, 0) is 29.8 Å². The van der Waals surface area contributed by atoms with Crippen molar-refractivity contribution in [2.75, 3.05) is 26.9 Å². The number of ether oxygens (including phenoxy) is 1. The molecule has 0 heterocycles. The topological polar surface area (TPSA) is 90.9 Å². The molecule has 122 valence electrons. The molecule has 0 fully saturated rings. The number of benzene rings is 1. The summed E-state index contributed by atoms with van der Waals surface area (Å²) in [5.41, 5.74) is 0.852. The molecule has 22 heavy (non-hydrogen) atoms. The second-order valence-electron chi connectivity index (χ2n) is 4.40. The number of carbonyl (C=O) groups excluding carboxylic acids is 2. The highest BCUT2D eigenvalue weighted by molar-refractivity contribution is 7.53. The first-order valence-electron chi connectivity index (χ1n) is 6.66. The Morgan fingerprint density at radius 3 is 2.36 bits per heavy atom. The number of Topliss-reactive ketones (excluding diaryl/α,β-unsaturated/α-hetero) is 1. The standard InChI is InChI=1S/C14H20NO6P/c1-19-22(18,20-2)9-8-13(16)10-15-14(17)21-11-12-6-4-3-5-7-12/h3-7H,8-11H2,1-2H3,(H,15,17). The van der Waals surface area contributed by atoms with E-state index in [0.29, 0.717) is 0 Å². The van der Waals surface area contributed by atoms with Crippen molar-refractivity contribution in [2.45, 2.75) is 13.0 Å². The smallest absolute Gasteiger partial charge is 0.407 e. The van der Waals surface area contributed by atoms with Crippen molar-refractivity contribution in [3.63, 3.8) is 0 Å². The van der Waals surface area contributed by atoms with E-state index in [1.807, 2.05) is 30.3 Å². The molecular formula is C14H20NO6P. The normalized spacial score (nSPS) is 11.0. The van der Waals surface area contributed by atoms with Gasteiger partial charge in [0.25, 0.3) is 0 Å². The largest absolute Gasteiger partial charge is 0.445 e. The van der Waals surface area contributed by atoms with Crippen molar-refractivity contribution in [2.24, 2.45) is 0 Å². The van der Waals surface area contributed by atoms with Gasteiger partial charge in [-0.05, 0) is 5.56 Å². The first-order valence-corrected chi connectivity index (χ1v) is 8.38. The average Bonchev–Trinajstić information content (AvgIpc) is 2.56. The zero-order valence-corrected chi connectivity index (χ0v) is 13.5. The van der Waals surface area contributed by atoms with Gasteiger partial charge in [0.05, 0.1) is 12.7 Å². The number of carbonyl (C=O) groups is 2. The van der Waals surface area contributed by atoms with E-state index in [-0.39, 0.29) is 31.5 Å². The number of ketones is 1. The van der Waals surface area contributed by atoms with Crippen molar-refractivity contribution in [3.05, 3.63) is 35.9 Å². The minimum Gasteiger partial charge on any atom is -0.445 e. The zero-order valence-electron chi connectivity index (χ0n) is 12.6. The summed E-state index contributed by atoms with van der Waals surface area (Å²) in [4.78, 5) is 23.0. The van der Waals surface area contributed by atoms with Gasteiger partial charge in [0.2, 0.25) is 0 Å². The first-order chi connectivity index (χ1) is 10.5. The molecule has 0 atom stereocenters. The molecule has 1 amide bonds. The van der Waals surface area contributed by atoms with Crippen molar-refractivity contribution < 1.29 is 27.9 Å². The molecule has 0 saturated heterocycles. The fraction of sp³-hybridized carbons (Fsp3) is 0.429. The lowest BCUT2D eigenvalue weighted by Crippen LogP contribution is -2.30. The van der Waals surface area contributed by atoms with Gasteiger partial charge < -0.3 is 19.1 Å². The Morgan fingerprint density at radius 1 is 1.14 bits per heavy atom. The van der Waals surface area contributed by atoms with Gasteiger partial charge >= 0.3 is 13.7 Å². The molecular weight excluding hydrogens is 309 g/mol. The summed E-state index contributed by atoms with van der Waals surface area (Å²) < 4.78 is 26.1. The predicted octanol–water partition coefficient (Wildman–Crippen LogP) is 2.36. The van der Waals surface area contributed by atoms with Crippen molar-refractivity contribution in [1.82, 2.24) is 5.32 Å². The maximum absolute atomic E-state index is 11.7. The van der Waals surface area contributed by atoms with Crippen LogP contribution in [0.2, 0.25) is 0 Å². The lowest BCUT2D eigenvalue weighted by atomic mass is 10.2. The molecule has 0 radical (unpaired) electrons. The summed E-state index contributed by atoms with van der Waals surface area (Å²) in [5, 5.41) is 2.34. The van der Waals surface area contributed by atoms with Gasteiger partial charge in [-0.2, -0.15) is 0 Å². The Hall–Kier alpha value is -1.69. The van der Waals surface area contributed by atoms with Gasteiger partial charge in [-0.25, -0.2) is 4.79 Å². The third-order valence-corrected chi connectivity index (χ3v) is 4.75. The van der Waals surface area contributed by atoms with Gasteiger partial charge in [0.15, 0.2) is 5.78 Å². The van der Waals surface area contributed by atoms with Crippen LogP contribution >= 0.6 is 7.60 Å². The van der Waals surface area contributed by atoms with E-state index < -0.39 is 13.7 Å². The predicted molar refractivity (Wildman–Crippen MR) is 80.7 cm³/mol. The summed E-state index contributed by atoms with van der Waals surface area (Å²) in [6.45, 7) is -0.0650. The zero-order chi connectivity index (χ0) is 16.4. The van der Waals surface area contributed by atoms with Crippen molar-refractivity contribution >= 4 is 19.5 Å². The van der Waals surface area contributed by atoms with Gasteiger partial charge in [-0.3, -0.25) is 9.36 Å². The highest BCUT2D eigenvalue weighted by Crippen LogP contribution is 2.46. The lowest BCUT2D eigenvalue weighted by Gasteiger charge is -2.12. The summed E-state index contributed by atoms with van der Waals surface area (Å²) in [7, 11) is -0.684. The lowest BCUT2D eigenvalue weighted by molar-refractivity contribution is -0.117. The molecule has 0 bridgehead atoms. The highest BCUT2D eigenvalue weighted by Gasteiger charge is 2.22. The number of hydrogen-bond acceptors (Lipinski definition) is 6. The van der Waals surface area contributed by atoms with E-state index in [9.17, 15) is 14.2 Å². The van der Waals surface area contributed by atoms with E-state index in [2.05, 4.69) is 5.32 Å². The SMILES string of the molecule is COP(=O)(CCC(=O)CNC(=O)OCc1ccccc1)OC. The van der Waals surface area contributed by atoms with Crippen LogP contribution in [0.3, 0.4) is 0 Å². The maximum atomic E-state index is 11.7. The third-order valence-electron chi connectivity index (χ3n) is 2.86. The van der Waals surface area contributed by atoms with E-state index in [1.165, 1.54) is 14.2 Å². The molecule has 1 rings (SSSR count). The molecule has 0 spiro atoms. The molecule has 1 aromatic carbocycles. The minimum atomic E-state index is -3.20. The van der Waals surface area contributed by atoms with Crippen LogP contribution in [-0.4, -0.2) is 38.8 Å². The van der Waals surface area contributed by atoms with E-state index in [4.69, 9.17) is 13.8 Å². The maximum Gasteiger partial charge on any atom is 0.407 e. The number of hydrogen-bond donors (Lipinski definition) is 1. The van der Waals surface area contributed by atoms with E-state index >= 15 is 0 Å². The van der Waals surface area contributed by atoms with Crippen LogP contribution in [0, 0.1) is 0 Å². The Labute approximate surface area is 129 Å². The molecule has 1 N–H and O–H groups in total. The van der Waals surface area contributed by atoms with E-state index in [0.717, 1.165) is 5.56 Å². The number of nitrogens with one attached hydrogen (secondary N) is 1. The summed E-state index contributed by atoms with van der Waals surface area (Å²) >= 11 is 0. The molecule has 0 aliphatic carbocycles. The molecule has 8 heteroatoms. The summed E-state index contributed by atoms with van der Waals surface area (Å²) in [6, 6.07) is 9.19. The Morgan fingerprint density at radius 2 is 1.77 bits per heavy atom. The molecule has 1 aromatic rings. The van der Waals surface area contributed by atoms with Crippen LogP contribution in [0.4, 0.5) is 4.79 Å². The molecule has 0 aromatic heterocycles. The van der Waals surface area contributed by atoms with Crippen LogP contribution in [0.1, 0.15) is 12.0 Å². The summed E-state index contributed by atoms with van der Waals surface area (Å²) in [6.07, 6.45) is -0.726. The van der Waals surface area contributed by atoms with Gasteiger partial charge in [0, 0.05) is 20.6 Å². The van der Waals surface area contributed by atoms with Crippen molar-refractivity contribution in [3.8, 4) is 0 Å². The second kappa shape index (κ2) is 9.35. The molecule has 0 aliphatic rings. The molecule has 7 nitrogen and oxygen atoms in total. The van der Waals surface area contributed by atoms with Gasteiger partial charge in [0.1, 0.15) is 6.61 Å². The number of rotatable bonds is 9. The number of alkyl carbamates (subject to hydrolysis) is 1. The third kappa shape index (κ3) is 6.85. The molecule has 0 saturated carbocycles. The van der Waals surface area contributed by atoms with Crippen LogP contribution in [0.25, 0.3) is 0 Å². The van der Waals surface area contributed by atoms with Gasteiger partial charge in [-0.15, -0.1) is 0 Å². The summed E-state index contributed by atoms with van der Waals surface area (Å²) in [5.74, 6) is -0.286. The van der Waals surface area contributed by atoms with Crippen molar-refractivity contribution in [1.29, 1.82) is 0 Å². The second-order valence-corrected chi connectivity index (χ2v) is 6.80. The fourth-order valence-corrected chi connectivity index (χ4v) is 2.59. The monoisotopic (exact) mass is 329 g/mol. The average molecular weight is 329 g/mol. The molecule has 0 aliphatic heterocycles. The minimum absolute atomic E-state index is 0.0159.